The number of aliphatic imine (C=N–C) groups is 1. The van der Waals surface area contributed by atoms with E-state index in [4.69, 9.17) is 34.4 Å². The second-order valence-corrected chi connectivity index (χ2v) is 29.4. The second-order valence-electron chi connectivity index (χ2n) is 29.4. The van der Waals surface area contributed by atoms with Crippen LogP contribution in [0.4, 0.5) is 0 Å². The molecule has 4 heterocycles. The van der Waals surface area contributed by atoms with Crippen LogP contribution in [0.15, 0.2) is 59.7 Å². The lowest BCUT2D eigenvalue weighted by Gasteiger charge is -2.37. The van der Waals surface area contributed by atoms with Crippen molar-refractivity contribution in [1.29, 1.82) is 0 Å². The van der Waals surface area contributed by atoms with Crippen LogP contribution in [0.5, 0.6) is 5.75 Å². The van der Waals surface area contributed by atoms with Crippen LogP contribution in [0.3, 0.4) is 0 Å². The molecule has 2 aromatic carbocycles. The minimum absolute atomic E-state index is 0.00783. The number of primary amides is 1. The molecule has 116 heavy (non-hydrogen) atoms. The summed E-state index contributed by atoms with van der Waals surface area (Å²) in [6.45, 7) is 2.21. The number of carboxylic acids is 3. The third-order valence-electron chi connectivity index (χ3n) is 19.9. The highest BCUT2D eigenvalue weighted by Gasteiger charge is 2.49. The van der Waals surface area contributed by atoms with Crippen molar-refractivity contribution >= 4 is 117 Å². The number of guanidine groups is 1. The lowest BCUT2D eigenvalue weighted by atomic mass is 9.99. The topological polar surface area (TPSA) is 673 Å². The van der Waals surface area contributed by atoms with Crippen LogP contribution in [0.1, 0.15) is 153 Å². The number of nitrogens with zero attached hydrogens (tertiary/aromatic N) is 4. The van der Waals surface area contributed by atoms with E-state index in [2.05, 4.69) is 57.8 Å². The Kier molecular flexibility index (Phi) is 36.8. The maximum atomic E-state index is 16.3. The highest BCUT2D eigenvalue weighted by molar-refractivity contribution is 6.08. The number of unbranched alkanes of at least 4 members (excludes halogenated alkanes) is 2. The number of benzene rings is 2. The Morgan fingerprint density at radius 2 is 1.19 bits per heavy atom. The van der Waals surface area contributed by atoms with E-state index in [1.807, 2.05) is 0 Å². The molecule has 0 bridgehead atoms. The van der Waals surface area contributed by atoms with Crippen LogP contribution < -0.4 is 82.3 Å². The maximum absolute atomic E-state index is 16.3. The molecule has 3 fully saturated rings. The molecular formula is C75H110N20O21. The minimum atomic E-state index is -2.05. The predicted molar refractivity (Wildman–Crippen MR) is 415 cm³/mol. The Labute approximate surface area is 668 Å². The number of fused-ring (bicyclic) bond motifs is 2. The molecule has 0 unspecified atom stereocenters. The number of carboxylic acid groups (broad SMARTS) is 3. The van der Waals surface area contributed by atoms with Crippen LogP contribution in [-0.2, 0) is 94.3 Å². The molecule has 0 aliphatic carbocycles. The highest BCUT2D eigenvalue weighted by atomic mass is 16.4. The first-order valence-corrected chi connectivity index (χ1v) is 38.8. The number of amides is 14. The number of H-pyrrole nitrogens is 1. The summed E-state index contributed by atoms with van der Waals surface area (Å²) in [4.78, 5) is 252. The fourth-order valence-corrected chi connectivity index (χ4v) is 13.9. The van der Waals surface area contributed by atoms with Crippen molar-refractivity contribution in [3.63, 3.8) is 0 Å². The monoisotopic (exact) mass is 1630 g/mol. The third kappa shape index (κ3) is 28.6. The second kappa shape index (κ2) is 45.9. The summed E-state index contributed by atoms with van der Waals surface area (Å²) in [6.07, 6.45) is -3.97. The van der Waals surface area contributed by atoms with Gasteiger partial charge in [-0.05, 0) is 151 Å². The third-order valence-corrected chi connectivity index (χ3v) is 19.9. The predicted octanol–water partition coefficient (Wildman–Crippen LogP) is -4.47. The zero-order chi connectivity index (χ0) is 85.5. The normalized spacial score (nSPS) is 19.5. The van der Waals surface area contributed by atoms with E-state index in [0.717, 1.165) is 4.90 Å². The molecule has 41 nitrogen and oxygen atoms in total. The van der Waals surface area contributed by atoms with Crippen LogP contribution >= 0.6 is 0 Å². The number of imide groups is 1. The van der Waals surface area contributed by atoms with E-state index in [-0.39, 0.29) is 128 Å². The van der Waals surface area contributed by atoms with Crippen molar-refractivity contribution in [2.75, 3.05) is 39.3 Å². The van der Waals surface area contributed by atoms with Crippen LogP contribution in [-0.4, -0.2) is 258 Å². The Hall–Kier alpha value is -11.9. The number of likely N-dealkylation sites (tertiary alicyclic amines) is 1. The van der Waals surface area contributed by atoms with Gasteiger partial charge in [0.25, 0.3) is 11.8 Å². The quantitative estimate of drug-likeness (QED) is 0.0110. The Morgan fingerprint density at radius 1 is 0.595 bits per heavy atom. The molecule has 3 aliphatic rings. The zero-order valence-corrected chi connectivity index (χ0v) is 65.0. The molecule has 3 saturated heterocycles. The number of carbonyl (C=O) groups excluding carboxylic acids is 14. The molecule has 0 radical (unpaired) electrons. The van der Waals surface area contributed by atoms with Gasteiger partial charge < -0.3 is 117 Å². The first kappa shape index (κ1) is 93.0. The van der Waals surface area contributed by atoms with E-state index >= 15 is 28.8 Å². The van der Waals surface area contributed by atoms with Gasteiger partial charge in [-0.25, -0.2) is 0 Å². The molecule has 3 aliphatic heterocycles. The van der Waals surface area contributed by atoms with Gasteiger partial charge >= 0.3 is 17.9 Å². The number of aliphatic carboxylic acids is 3. The molecule has 0 spiro atoms. The van der Waals surface area contributed by atoms with E-state index in [0.29, 0.717) is 39.8 Å². The Morgan fingerprint density at radius 3 is 1.85 bits per heavy atom. The van der Waals surface area contributed by atoms with E-state index in [9.17, 15) is 73.2 Å². The maximum Gasteiger partial charge on any atom is 0.322 e. The van der Waals surface area contributed by atoms with Crippen LogP contribution in [0.2, 0.25) is 0 Å². The molecule has 41 heteroatoms. The van der Waals surface area contributed by atoms with Gasteiger partial charge in [0.15, 0.2) is 5.96 Å². The smallest absolute Gasteiger partial charge is 0.322 e. The Bertz CT molecular complexity index is 4040. The SMILES string of the molecule is CC(C)C[C@H](NC(=O)[C@@H](N)CCC(=O)O)C(=O)N[C@@H](Cc1ccc(O)cc1)C(=O)N[C@@H](CCC(=O)O)C(=O)N[C@@H](CC(N)=O)C(=O)N[C@@H](CCCCN)C(=O)N1CCC[C@H]1C(=O)N1C(=O)[C@H](CCC(=O)NCC(=O)O)NC(=O)[C@H](Cc2c[nH]c3ccccc23)NC(=O)[C@@H]2CCCN2C(=O)[C@H](CCCCN)NC(=O)[C@H]1CCCN=C(N)N. The molecule has 6 rings (SSSR count). The first-order chi connectivity index (χ1) is 55.1. The number of hydrogen-bond acceptors (Lipinski definition) is 22. The van der Waals surface area contributed by atoms with Gasteiger partial charge in [-0.15, -0.1) is 0 Å². The van der Waals surface area contributed by atoms with Crippen LogP contribution in [0, 0.1) is 5.92 Å². The van der Waals surface area contributed by atoms with Crippen molar-refractivity contribution in [1.82, 2.24) is 67.5 Å². The molecule has 12 atom stereocenters. The van der Waals surface area contributed by atoms with Gasteiger partial charge in [-0.3, -0.25) is 91.4 Å². The molecule has 1 aromatic heterocycles. The average molecular weight is 1630 g/mol. The van der Waals surface area contributed by atoms with Crippen molar-refractivity contribution in [2.24, 2.45) is 45.3 Å². The summed E-state index contributed by atoms with van der Waals surface area (Å²) in [6, 6.07) is -7.85. The number of aromatic amines is 1. The number of phenolic OH excluding ortho intramolecular Hbond substituents is 1. The summed E-state index contributed by atoms with van der Waals surface area (Å²) in [5.74, 6) is -20.2. The summed E-state index contributed by atoms with van der Waals surface area (Å²) in [5, 5.41) is 61.9. The zero-order valence-electron chi connectivity index (χ0n) is 65.0. The van der Waals surface area contributed by atoms with Gasteiger partial charge in [0.1, 0.15) is 78.8 Å². The summed E-state index contributed by atoms with van der Waals surface area (Å²) < 4.78 is 0. The van der Waals surface area contributed by atoms with Crippen LogP contribution in [0.25, 0.3) is 10.9 Å². The number of phenols is 1. The van der Waals surface area contributed by atoms with Gasteiger partial charge in [0, 0.05) is 68.8 Å². The number of para-hydroxylation sites is 1. The number of carbonyl (C=O) groups is 17. The molecule has 3 aromatic rings. The number of nitrogens with one attached hydrogen (secondary N) is 10. The van der Waals surface area contributed by atoms with Crippen molar-refractivity contribution < 1.29 is 102 Å². The summed E-state index contributed by atoms with van der Waals surface area (Å²) in [7, 11) is 0. The van der Waals surface area contributed by atoms with Crippen molar-refractivity contribution in [2.45, 2.75) is 228 Å². The summed E-state index contributed by atoms with van der Waals surface area (Å²) >= 11 is 0. The van der Waals surface area contributed by atoms with Gasteiger partial charge in [0.05, 0.1) is 12.5 Å². The first-order valence-electron chi connectivity index (χ1n) is 38.8. The molecule has 0 saturated carbocycles. The fraction of sp³-hybridized carbons (Fsp3) is 0.573. The largest absolute Gasteiger partial charge is 0.508 e. The van der Waals surface area contributed by atoms with Crippen molar-refractivity contribution in [3.05, 3.63) is 65.9 Å². The highest BCUT2D eigenvalue weighted by Crippen LogP contribution is 2.28. The Balaban J connectivity index is 1.42. The van der Waals surface area contributed by atoms with E-state index in [1.165, 1.54) is 29.2 Å². The number of aromatic nitrogens is 1. The van der Waals surface area contributed by atoms with Crippen molar-refractivity contribution in [3.8, 4) is 5.75 Å². The molecule has 26 N–H and O–H groups in total. The molecule has 636 valence electrons. The molecule has 14 amide bonds. The standard InChI is InChI=1S/C75H110N20O21/c1-40(2)34-51(89-63(105)45(78)23-27-60(99)100)65(107)90-52(35-41-19-21-43(96)22-20-41)66(108)85-47(25-28-61(101)102)64(106)91-54(37-58(79)97)68(110)86-48(14-5-7-29-76)72(114)94-33-11-18-57(94)74(116)95-56(16-9-31-82-75(80)81)70(112)88-49(15-6-8-30-77)71(113)93-32-10-17-55(93)69(111)92-53(36-42-38-83-46-13-4-3-12-44(42)46)67(109)87-50(73(95)115)24-26-59(98)84-39-62(103)104/h3-4,12-13,19-22,38,40,45,47-57,83,96H,5-11,14-18,23-37,39,76-78H2,1-2H3,(H2,79,97)(H,84,98)(H,85,108)(H,86,110)(H,87,109)(H,88,112)(H,89,105)(H,90,107)(H,91,106)(H,92,111)(H,99,100)(H,101,102)(H,103,104)(H4,80,81,82)/t45-,47-,48-,49-,50-,51-,52-,53-,54-,55-,56+,57-/m0/s1. The summed E-state index contributed by atoms with van der Waals surface area (Å²) in [5.41, 5.74) is 36.4. The lowest BCUT2D eigenvalue weighted by molar-refractivity contribution is -0.159. The average Bonchev–Trinajstić information content (AvgIpc) is 1.44. The van der Waals surface area contributed by atoms with Gasteiger partial charge in [-0.1, -0.05) is 44.2 Å². The lowest BCUT2D eigenvalue weighted by Crippen LogP contribution is -2.64. The number of hydrogen-bond donors (Lipinski definition) is 20. The minimum Gasteiger partial charge on any atom is -0.508 e. The van der Waals surface area contributed by atoms with Gasteiger partial charge in [-0.2, -0.15) is 0 Å². The number of aromatic hydroxyl groups is 1. The molecular weight excluding hydrogens is 1520 g/mol. The fourth-order valence-electron chi connectivity index (χ4n) is 13.9. The van der Waals surface area contributed by atoms with E-state index < -0.39 is 231 Å². The number of nitrogens with two attached hydrogens (primary N) is 6. The van der Waals surface area contributed by atoms with E-state index in [1.54, 1.807) is 44.3 Å². The van der Waals surface area contributed by atoms with Gasteiger partial charge in [0.2, 0.25) is 70.9 Å². The number of rotatable bonds is 43.